The summed E-state index contributed by atoms with van der Waals surface area (Å²) >= 11 is 17.5. The molecule has 0 radical (unpaired) electrons. The first-order valence-corrected chi connectivity index (χ1v) is 7.53. The van der Waals surface area contributed by atoms with Gasteiger partial charge in [0.2, 0.25) is 11.0 Å². The van der Waals surface area contributed by atoms with Gasteiger partial charge in [0, 0.05) is 6.07 Å². The molecule has 1 aliphatic heterocycles. The third-order valence-electron chi connectivity index (χ3n) is 3.36. The quantitative estimate of drug-likeness (QED) is 0.759. The number of amides is 1. The van der Waals surface area contributed by atoms with Gasteiger partial charge < -0.3 is 4.74 Å². The smallest absolute Gasteiger partial charge is 0.246 e. The average Bonchev–Trinajstić information content (AvgIpc) is 2.49. The molecule has 3 rings (SSSR count). The van der Waals surface area contributed by atoms with E-state index in [9.17, 15) is 4.79 Å². The van der Waals surface area contributed by atoms with Crippen molar-refractivity contribution in [3.8, 4) is 5.75 Å². The number of nitrogens with zero attached hydrogens (tertiary/aromatic N) is 2. The summed E-state index contributed by atoms with van der Waals surface area (Å²) in [7, 11) is 1.49. The van der Waals surface area contributed by atoms with Gasteiger partial charge >= 0.3 is 0 Å². The lowest BCUT2D eigenvalue weighted by atomic mass is 9.95. The number of anilines is 1. The Balaban J connectivity index is 2.11. The summed E-state index contributed by atoms with van der Waals surface area (Å²) in [6.45, 7) is 0. The minimum Gasteiger partial charge on any atom is -0.495 e. The third kappa shape index (κ3) is 2.45. The molecule has 2 aliphatic rings. The summed E-state index contributed by atoms with van der Waals surface area (Å²) in [6, 6.07) is 3.10. The highest BCUT2D eigenvalue weighted by Crippen LogP contribution is 2.38. The Hall–Kier alpha value is -1.69. The van der Waals surface area contributed by atoms with Crippen LogP contribution in [0.2, 0.25) is 10.0 Å². The largest absolute Gasteiger partial charge is 0.495 e. The van der Waals surface area contributed by atoms with Crippen LogP contribution in [-0.2, 0) is 4.79 Å². The van der Waals surface area contributed by atoms with Gasteiger partial charge in [-0.25, -0.2) is 4.99 Å². The molecule has 0 saturated carbocycles. The van der Waals surface area contributed by atoms with Crippen molar-refractivity contribution in [2.45, 2.75) is 0 Å². The summed E-state index contributed by atoms with van der Waals surface area (Å²) in [5, 5.41) is 0.800. The zero-order chi connectivity index (χ0) is 15.9. The number of hydrogen-bond donors (Lipinski definition) is 0. The van der Waals surface area contributed by atoms with Gasteiger partial charge in [0.1, 0.15) is 5.75 Å². The Bertz CT molecular complexity index is 771. The van der Waals surface area contributed by atoms with Crippen LogP contribution in [-0.4, -0.2) is 23.8 Å². The normalized spacial score (nSPS) is 20.0. The number of rotatable bonds is 2. The van der Waals surface area contributed by atoms with Crippen LogP contribution in [0.3, 0.4) is 0 Å². The molecule has 0 aromatic heterocycles. The highest BCUT2D eigenvalue weighted by atomic mass is 35.5. The topological polar surface area (TPSA) is 41.9 Å². The minimum absolute atomic E-state index is 0.141. The summed E-state index contributed by atoms with van der Waals surface area (Å²) in [4.78, 5) is 18.4. The van der Waals surface area contributed by atoms with Crippen molar-refractivity contribution >= 4 is 57.8 Å². The SMILES string of the molecule is COc1cc(N2C(=O)C3C=CC=CC3=NC2=S)c(Cl)cc1Cl. The molecular weight excluding hydrogens is 343 g/mol. The molecule has 0 spiro atoms. The molecule has 1 atom stereocenters. The lowest BCUT2D eigenvalue weighted by Gasteiger charge is -2.31. The van der Waals surface area contributed by atoms with Crippen LogP contribution in [0.15, 0.2) is 41.4 Å². The Morgan fingerprint density at radius 1 is 1.27 bits per heavy atom. The van der Waals surface area contributed by atoms with Crippen LogP contribution in [0, 0.1) is 5.92 Å². The number of benzene rings is 1. The van der Waals surface area contributed by atoms with E-state index in [0.29, 0.717) is 27.2 Å². The fourth-order valence-corrected chi connectivity index (χ4v) is 3.15. The molecule has 1 amide bonds. The molecule has 0 fully saturated rings. The van der Waals surface area contributed by atoms with E-state index in [1.807, 2.05) is 6.08 Å². The van der Waals surface area contributed by atoms with Gasteiger partial charge in [0.25, 0.3) is 0 Å². The van der Waals surface area contributed by atoms with Crippen LogP contribution in [0.4, 0.5) is 5.69 Å². The van der Waals surface area contributed by atoms with Gasteiger partial charge in [-0.15, -0.1) is 0 Å². The van der Waals surface area contributed by atoms with E-state index in [4.69, 9.17) is 40.2 Å². The summed E-state index contributed by atoms with van der Waals surface area (Å²) in [5.74, 6) is -0.262. The maximum absolute atomic E-state index is 12.7. The van der Waals surface area contributed by atoms with Crippen molar-refractivity contribution in [2.24, 2.45) is 10.9 Å². The maximum atomic E-state index is 12.7. The summed E-state index contributed by atoms with van der Waals surface area (Å²) in [5.41, 5.74) is 1.04. The standard InChI is InChI=1S/C15H10Cl2N2O2S/c1-21-13-7-12(9(16)6-10(13)17)19-14(20)8-4-2-3-5-11(8)18-15(19)22/h2-8H,1H3. The number of thiocarbonyl (C=S) groups is 1. The van der Waals surface area contributed by atoms with Crippen LogP contribution in [0.5, 0.6) is 5.75 Å². The second kappa shape index (κ2) is 5.83. The molecule has 0 N–H and O–H groups in total. The molecule has 1 aromatic rings. The van der Waals surface area contributed by atoms with E-state index in [1.54, 1.807) is 24.3 Å². The first-order chi connectivity index (χ1) is 10.5. The second-order valence-corrected chi connectivity index (χ2v) is 5.83. The molecule has 0 saturated heterocycles. The first kappa shape index (κ1) is 15.2. The number of carbonyl (C=O) groups excluding carboxylic acids is 1. The number of allylic oxidation sites excluding steroid dienone is 3. The molecule has 1 aromatic carbocycles. The Kier molecular flexibility index (Phi) is 4.04. The van der Waals surface area contributed by atoms with E-state index >= 15 is 0 Å². The van der Waals surface area contributed by atoms with E-state index in [2.05, 4.69) is 4.99 Å². The molecule has 4 nitrogen and oxygen atoms in total. The highest BCUT2D eigenvalue weighted by molar-refractivity contribution is 7.80. The molecule has 112 valence electrons. The first-order valence-electron chi connectivity index (χ1n) is 6.37. The summed E-state index contributed by atoms with van der Waals surface area (Å²) in [6.07, 6.45) is 7.17. The fraction of sp³-hybridized carbons (Fsp3) is 0.133. The van der Waals surface area contributed by atoms with Crippen LogP contribution >= 0.6 is 35.4 Å². The van der Waals surface area contributed by atoms with Crippen LogP contribution in [0.1, 0.15) is 0 Å². The lowest BCUT2D eigenvalue weighted by Crippen LogP contribution is -2.46. The van der Waals surface area contributed by atoms with E-state index in [1.165, 1.54) is 18.1 Å². The minimum atomic E-state index is -0.463. The molecule has 1 unspecified atom stereocenters. The van der Waals surface area contributed by atoms with E-state index in [0.717, 1.165) is 0 Å². The zero-order valence-corrected chi connectivity index (χ0v) is 13.7. The molecule has 1 heterocycles. The number of carbonyl (C=O) groups is 1. The van der Waals surface area contributed by atoms with Crippen molar-refractivity contribution in [3.63, 3.8) is 0 Å². The van der Waals surface area contributed by atoms with E-state index in [-0.39, 0.29) is 11.0 Å². The number of fused-ring (bicyclic) bond motifs is 1. The van der Waals surface area contributed by atoms with Gasteiger partial charge in [-0.05, 0) is 24.4 Å². The Morgan fingerprint density at radius 2 is 2.05 bits per heavy atom. The molecule has 0 bridgehead atoms. The second-order valence-electron chi connectivity index (χ2n) is 4.65. The lowest BCUT2D eigenvalue weighted by molar-refractivity contribution is -0.118. The molecule has 1 aliphatic carbocycles. The predicted molar refractivity (Wildman–Crippen MR) is 92.3 cm³/mol. The van der Waals surface area contributed by atoms with Gasteiger partial charge in [0.05, 0.1) is 34.5 Å². The van der Waals surface area contributed by atoms with Crippen LogP contribution < -0.4 is 9.64 Å². The van der Waals surface area contributed by atoms with E-state index < -0.39 is 5.92 Å². The number of hydrogen-bond acceptors (Lipinski definition) is 3. The molecule has 7 heteroatoms. The predicted octanol–water partition coefficient (Wildman–Crippen LogP) is 3.82. The fourth-order valence-electron chi connectivity index (χ4n) is 2.31. The highest BCUT2D eigenvalue weighted by Gasteiger charge is 2.35. The third-order valence-corrected chi connectivity index (χ3v) is 4.24. The number of methoxy groups -OCH3 is 1. The van der Waals surface area contributed by atoms with Gasteiger partial charge in [-0.3, -0.25) is 9.69 Å². The van der Waals surface area contributed by atoms with Crippen molar-refractivity contribution < 1.29 is 9.53 Å². The van der Waals surface area contributed by atoms with Gasteiger partial charge in [0.15, 0.2) is 0 Å². The number of aliphatic imine (C=N–C) groups is 1. The van der Waals surface area contributed by atoms with Crippen molar-refractivity contribution in [1.29, 1.82) is 0 Å². The number of ether oxygens (including phenoxy) is 1. The average molecular weight is 353 g/mol. The van der Waals surface area contributed by atoms with Crippen molar-refractivity contribution in [2.75, 3.05) is 12.0 Å². The molecular formula is C15H10Cl2N2O2S. The monoisotopic (exact) mass is 352 g/mol. The Labute approximate surface area is 142 Å². The van der Waals surface area contributed by atoms with Crippen LogP contribution in [0.25, 0.3) is 0 Å². The molecule has 22 heavy (non-hydrogen) atoms. The summed E-state index contributed by atoms with van der Waals surface area (Å²) < 4.78 is 5.18. The zero-order valence-electron chi connectivity index (χ0n) is 11.4. The van der Waals surface area contributed by atoms with Gasteiger partial charge in [-0.1, -0.05) is 41.4 Å². The maximum Gasteiger partial charge on any atom is 0.246 e. The number of halogens is 2. The van der Waals surface area contributed by atoms with Crippen molar-refractivity contribution in [1.82, 2.24) is 0 Å². The van der Waals surface area contributed by atoms with Gasteiger partial charge in [-0.2, -0.15) is 0 Å². The van der Waals surface area contributed by atoms with Crippen molar-refractivity contribution in [3.05, 3.63) is 46.5 Å². The Morgan fingerprint density at radius 3 is 2.77 bits per heavy atom.